The number of rotatable bonds is 4. The number of para-hydroxylation sites is 2. The first kappa shape index (κ1) is 14.1. The third kappa shape index (κ3) is 3.24. The van der Waals surface area contributed by atoms with Crippen molar-refractivity contribution in [3.63, 3.8) is 0 Å². The van der Waals surface area contributed by atoms with Gasteiger partial charge in [0.2, 0.25) is 0 Å². The summed E-state index contributed by atoms with van der Waals surface area (Å²) in [6, 6.07) is 8.11. The monoisotopic (exact) mass is 287 g/mol. The minimum absolute atomic E-state index is 0.155. The highest BCUT2D eigenvalue weighted by molar-refractivity contribution is 5.77. The molecule has 112 valence electrons. The topological polar surface area (TPSA) is 67.3 Å². The van der Waals surface area contributed by atoms with E-state index < -0.39 is 0 Å². The van der Waals surface area contributed by atoms with Gasteiger partial charge in [-0.05, 0) is 44.7 Å². The van der Waals surface area contributed by atoms with Gasteiger partial charge in [-0.2, -0.15) is 0 Å². The van der Waals surface area contributed by atoms with Gasteiger partial charge in [-0.25, -0.2) is 9.97 Å². The minimum Gasteiger partial charge on any atom is -0.475 e. The molecule has 1 aliphatic carbocycles. The maximum atomic E-state index is 9.59. The van der Waals surface area contributed by atoms with Gasteiger partial charge in [0.25, 0.3) is 5.88 Å². The fourth-order valence-corrected chi connectivity index (χ4v) is 2.73. The van der Waals surface area contributed by atoms with Crippen LogP contribution in [0, 0.1) is 0 Å². The molecular formula is C16H21N3O2. The summed E-state index contributed by atoms with van der Waals surface area (Å²) in [7, 11) is 0. The molecule has 0 amide bonds. The van der Waals surface area contributed by atoms with Gasteiger partial charge < -0.3 is 15.2 Å². The number of aromatic nitrogens is 2. The Hall–Kier alpha value is -1.88. The molecule has 1 saturated carbocycles. The molecule has 21 heavy (non-hydrogen) atoms. The van der Waals surface area contributed by atoms with E-state index >= 15 is 0 Å². The van der Waals surface area contributed by atoms with Crippen molar-refractivity contribution in [2.24, 2.45) is 0 Å². The summed E-state index contributed by atoms with van der Waals surface area (Å²) < 4.78 is 5.62. The first-order chi connectivity index (χ1) is 10.3. The van der Waals surface area contributed by atoms with Gasteiger partial charge in [0, 0.05) is 6.04 Å². The number of aliphatic hydroxyl groups is 1. The summed E-state index contributed by atoms with van der Waals surface area (Å²) in [5.41, 5.74) is 1.70. The van der Waals surface area contributed by atoms with Gasteiger partial charge >= 0.3 is 0 Å². The molecule has 0 unspecified atom stereocenters. The molecular weight excluding hydrogens is 266 g/mol. The molecule has 1 aliphatic rings. The largest absolute Gasteiger partial charge is 0.475 e. The highest BCUT2D eigenvalue weighted by atomic mass is 16.5. The molecule has 1 fully saturated rings. The number of aliphatic hydroxyl groups excluding tert-OH is 1. The van der Waals surface area contributed by atoms with Crippen LogP contribution in [0.15, 0.2) is 24.3 Å². The molecule has 0 atom stereocenters. The van der Waals surface area contributed by atoms with E-state index in [0.29, 0.717) is 24.3 Å². The van der Waals surface area contributed by atoms with Crippen LogP contribution >= 0.6 is 0 Å². The van der Waals surface area contributed by atoms with Crippen LogP contribution in [0.4, 0.5) is 5.82 Å². The lowest BCUT2D eigenvalue weighted by Gasteiger charge is -2.27. The molecule has 3 rings (SSSR count). The Labute approximate surface area is 124 Å². The highest BCUT2D eigenvalue weighted by Crippen LogP contribution is 2.27. The van der Waals surface area contributed by atoms with Crippen molar-refractivity contribution in [2.75, 3.05) is 11.9 Å². The van der Waals surface area contributed by atoms with Gasteiger partial charge in [0.15, 0.2) is 5.82 Å². The van der Waals surface area contributed by atoms with E-state index in [4.69, 9.17) is 4.74 Å². The number of hydrogen-bond donors (Lipinski definition) is 2. The van der Waals surface area contributed by atoms with Crippen LogP contribution in [-0.2, 0) is 0 Å². The van der Waals surface area contributed by atoms with Crippen molar-refractivity contribution in [2.45, 2.75) is 44.8 Å². The van der Waals surface area contributed by atoms with Crippen LogP contribution in [0.25, 0.3) is 11.0 Å². The van der Waals surface area contributed by atoms with Crippen LogP contribution in [0.1, 0.15) is 32.6 Å². The Kier molecular flexibility index (Phi) is 4.20. The van der Waals surface area contributed by atoms with Gasteiger partial charge in [-0.1, -0.05) is 12.1 Å². The molecule has 0 bridgehead atoms. The molecule has 0 saturated heterocycles. The van der Waals surface area contributed by atoms with E-state index in [1.807, 2.05) is 31.2 Å². The summed E-state index contributed by atoms with van der Waals surface area (Å²) in [6.07, 6.45) is 3.41. The van der Waals surface area contributed by atoms with Crippen molar-refractivity contribution >= 4 is 16.9 Å². The Morgan fingerprint density at radius 2 is 1.81 bits per heavy atom. The molecule has 0 aliphatic heterocycles. The van der Waals surface area contributed by atoms with Gasteiger partial charge in [-0.3, -0.25) is 0 Å². The van der Waals surface area contributed by atoms with E-state index in [-0.39, 0.29) is 6.10 Å². The summed E-state index contributed by atoms with van der Waals surface area (Å²) in [4.78, 5) is 9.19. The number of benzene rings is 1. The second-order valence-electron chi connectivity index (χ2n) is 5.45. The van der Waals surface area contributed by atoms with Crippen molar-refractivity contribution in [1.29, 1.82) is 0 Å². The molecule has 2 N–H and O–H groups in total. The second kappa shape index (κ2) is 6.26. The summed E-state index contributed by atoms with van der Waals surface area (Å²) in [5.74, 6) is 1.26. The summed E-state index contributed by atoms with van der Waals surface area (Å²) >= 11 is 0. The predicted molar refractivity (Wildman–Crippen MR) is 82.6 cm³/mol. The Morgan fingerprint density at radius 3 is 2.48 bits per heavy atom. The maximum Gasteiger partial charge on any atom is 0.258 e. The van der Waals surface area contributed by atoms with E-state index in [1.165, 1.54) is 0 Å². The first-order valence-corrected chi connectivity index (χ1v) is 7.60. The summed E-state index contributed by atoms with van der Waals surface area (Å²) in [5, 5.41) is 13.0. The van der Waals surface area contributed by atoms with E-state index in [2.05, 4.69) is 15.3 Å². The first-order valence-electron chi connectivity index (χ1n) is 7.60. The fourth-order valence-electron chi connectivity index (χ4n) is 2.73. The van der Waals surface area contributed by atoms with Crippen LogP contribution in [0.3, 0.4) is 0 Å². The van der Waals surface area contributed by atoms with Crippen molar-refractivity contribution < 1.29 is 9.84 Å². The second-order valence-corrected chi connectivity index (χ2v) is 5.45. The van der Waals surface area contributed by atoms with Crippen LogP contribution in [-0.4, -0.2) is 33.8 Å². The normalized spacial score (nSPS) is 22.2. The lowest BCUT2D eigenvalue weighted by molar-refractivity contribution is 0.126. The van der Waals surface area contributed by atoms with Crippen molar-refractivity contribution in [3.05, 3.63) is 24.3 Å². The molecule has 1 aromatic carbocycles. The zero-order valence-corrected chi connectivity index (χ0v) is 12.2. The third-order valence-electron chi connectivity index (χ3n) is 3.86. The number of ether oxygens (including phenoxy) is 1. The highest BCUT2D eigenvalue weighted by Gasteiger charge is 2.21. The van der Waals surface area contributed by atoms with E-state index in [0.717, 1.165) is 36.7 Å². The SMILES string of the molecule is CCOc1nc2ccccc2nc1NC1CCC(O)CC1. The minimum atomic E-state index is -0.155. The number of nitrogens with zero attached hydrogens (tertiary/aromatic N) is 2. The molecule has 1 aromatic heterocycles. The predicted octanol–water partition coefficient (Wildman–Crippen LogP) is 2.74. The van der Waals surface area contributed by atoms with Gasteiger partial charge in [0.1, 0.15) is 0 Å². The Balaban J connectivity index is 1.86. The number of hydrogen-bond acceptors (Lipinski definition) is 5. The van der Waals surface area contributed by atoms with Gasteiger partial charge in [0.05, 0.1) is 23.7 Å². The quantitative estimate of drug-likeness (QED) is 0.905. The lowest BCUT2D eigenvalue weighted by Crippen LogP contribution is -2.28. The van der Waals surface area contributed by atoms with Gasteiger partial charge in [-0.15, -0.1) is 0 Å². The van der Waals surface area contributed by atoms with Crippen molar-refractivity contribution in [3.8, 4) is 5.88 Å². The van der Waals surface area contributed by atoms with E-state index in [1.54, 1.807) is 0 Å². The van der Waals surface area contributed by atoms with Crippen molar-refractivity contribution in [1.82, 2.24) is 9.97 Å². The average molecular weight is 287 g/mol. The fraction of sp³-hybridized carbons (Fsp3) is 0.500. The summed E-state index contributed by atoms with van der Waals surface area (Å²) in [6.45, 7) is 2.50. The lowest BCUT2D eigenvalue weighted by atomic mass is 9.93. The number of anilines is 1. The molecule has 0 radical (unpaired) electrons. The standard InChI is InChI=1S/C16H21N3O2/c1-2-21-16-15(17-11-7-9-12(20)10-8-11)18-13-5-3-4-6-14(13)19-16/h3-6,11-12,20H,2,7-10H2,1H3,(H,17,18). The third-order valence-corrected chi connectivity index (χ3v) is 3.86. The Bertz CT molecular complexity index is 609. The van der Waals surface area contributed by atoms with E-state index in [9.17, 15) is 5.11 Å². The molecule has 2 aromatic rings. The molecule has 5 nitrogen and oxygen atoms in total. The molecule has 1 heterocycles. The van der Waals surface area contributed by atoms with Crippen LogP contribution < -0.4 is 10.1 Å². The Morgan fingerprint density at radius 1 is 1.14 bits per heavy atom. The number of fused-ring (bicyclic) bond motifs is 1. The molecule has 5 heteroatoms. The molecule has 0 spiro atoms. The maximum absolute atomic E-state index is 9.59. The smallest absolute Gasteiger partial charge is 0.258 e. The van der Waals surface area contributed by atoms with Crippen LogP contribution in [0.2, 0.25) is 0 Å². The van der Waals surface area contributed by atoms with Crippen LogP contribution in [0.5, 0.6) is 5.88 Å². The zero-order valence-electron chi connectivity index (χ0n) is 12.2. The zero-order chi connectivity index (χ0) is 14.7. The average Bonchev–Trinajstić information content (AvgIpc) is 2.50. The number of nitrogens with one attached hydrogen (secondary N) is 1.